The van der Waals surface area contributed by atoms with Crippen LogP contribution in [0.15, 0.2) is 11.6 Å². The Kier molecular flexibility index (Phi) is 7.13. The van der Waals surface area contributed by atoms with Gasteiger partial charge in [-0.2, -0.15) is 0 Å². The molecule has 0 atom stereocenters. The Hall–Kier alpha value is 0.01000. The first-order chi connectivity index (χ1) is 4.81. The molecule has 0 saturated carbocycles. The molecule has 3 heteroatoms. The van der Waals surface area contributed by atoms with Crippen molar-refractivity contribution in [2.75, 3.05) is 25.4 Å². The topological polar surface area (TPSA) is 29.5 Å². The van der Waals surface area contributed by atoms with Crippen molar-refractivity contribution in [2.45, 2.75) is 6.92 Å². The van der Waals surface area contributed by atoms with E-state index in [2.05, 4.69) is 0 Å². The Morgan fingerprint density at radius 2 is 2.40 bits per heavy atom. The Morgan fingerprint density at radius 3 is 2.90 bits per heavy atom. The second-order valence-corrected chi connectivity index (χ2v) is 2.80. The number of ether oxygens (including phenoxy) is 1. The smallest absolute Gasteiger partial charge is 0.0922 e. The van der Waals surface area contributed by atoms with Crippen LogP contribution < -0.4 is 0 Å². The van der Waals surface area contributed by atoms with Crippen molar-refractivity contribution >= 4 is 11.8 Å². The molecule has 0 aromatic heterocycles. The number of aliphatic hydroxyl groups is 1. The van der Waals surface area contributed by atoms with Gasteiger partial charge < -0.3 is 9.84 Å². The van der Waals surface area contributed by atoms with Gasteiger partial charge in [-0.25, -0.2) is 0 Å². The van der Waals surface area contributed by atoms with E-state index in [0.29, 0.717) is 6.61 Å². The van der Waals surface area contributed by atoms with Gasteiger partial charge in [-0.1, -0.05) is 6.08 Å². The zero-order chi connectivity index (χ0) is 7.82. The van der Waals surface area contributed by atoms with Crippen molar-refractivity contribution < 1.29 is 9.84 Å². The first kappa shape index (κ1) is 10.0. The third-order valence-electron chi connectivity index (χ3n) is 0.971. The van der Waals surface area contributed by atoms with Crippen LogP contribution in [0.2, 0.25) is 0 Å². The van der Waals surface area contributed by atoms with Gasteiger partial charge in [0.1, 0.15) is 0 Å². The fraction of sp³-hybridized carbons (Fsp3) is 0.714. The fourth-order valence-electron chi connectivity index (χ4n) is 0.501. The van der Waals surface area contributed by atoms with E-state index in [-0.39, 0.29) is 6.61 Å². The van der Waals surface area contributed by atoms with Crippen molar-refractivity contribution in [3.05, 3.63) is 11.6 Å². The lowest BCUT2D eigenvalue weighted by Crippen LogP contribution is -1.95. The standard InChI is InChI=1S/C7H14O2S/c1-7(3-4-8)5-9-6-10-2/h3,8H,4-6H2,1-2H3/b7-3+. The number of rotatable bonds is 5. The molecule has 1 N–H and O–H groups in total. The Morgan fingerprint density at radius 1 is 1.70 bits per heavy atom. The molecule has 0 rings (SSSR count). The highest BCUT2D eigenvalue weighted by Gasteiger charge is 1.87. The summed E-state index contributed by atoms with van der Waals surface area (Å²) in [7, 11) is 0. The monoisotopic (exact) mass is 162 g/mol. The van der Waals surface area contributed by atoms with Crippen molar-refractivity contribution in [1.82, 2.24) is 0 Å². The summed E-state index contributed by atoms with van der Waals surface area (Å²) in [6.45, 7) is 2.67. The lowest BCUT2D eigenvalue weighted by Gasteiger charge is -2.00. The first-order valence-electron chi connectivity index (χ1n) is 3.14. The number of thioether (sulfide) groups is 1. The quantitative estimate of drug-likeness (QED) is 0.375. The summed E-state index contributed by atoms with van der Waals surface area (Å²) < 4.78 is 5.18. The van der Waals surface area contributed by atoms with Crippen LogP contribution >= 0.6 is 11.8 Å². The molecule has 0 aliphatic rings. The molecule has 0 heterocycles. The van der Waals surface area contributed by atoms with Gasteiger partial charge in [0.05, 0.1) is 19.2 Å². The van der Waals surface area contributed by atoms with Crippen LogP contribution in [0.5, 0.6) is 0 Å². The van der Waals surface area contributed by atoms with Crippen LogP contribution in [0.4, 0.5) is 0 Å². The van der Waals surface area contributed by atoms with Gasteiger partial charge in [0.2, 0.25) is 0 Å². The maximum absolute atomic E-state index is 8.46. The van der Waals surface area contributed by atoms with Crippen molar-refractivity contribution in [2.24, 2.45) is 0 Å². The molecule has 2 nitrogen and oxygen atoms in total. The van der Waals surface area contributed by atoms with E-state index in [0.717, 1.165) is 11.5 Å². The molecular formula is C7H14O2S. The molecule has 0 aromatic carbocycles. The molecule has 0 aromatic rings. The minimum absolute atomic E-state index is 0.106. The summed E-state index contributed by atoms with van der Waals surface area (Å²) in [6, 6.07) is 0. The van der Waals surface area contributed by atoms with E-state index in [1.54, 1.807) is 17.8 Å². The van der Waals surface area contributed by atoms with E-state index >= 15 is 0 Å². The zero-order valence-electron chi connectivity index (χ0n) is 6.46. The van der Waals surface area contributed by atoms with Crippen LogP contribution in [-0.4, -0.2) is 30.5 Å². The minimum Gasteiger partial charge on any atom is -0.392 e. The lowest BCUT2D eigenvalue weighted by atomic mass is 10.3. The average molecular weight is 162 g/mol. The molecule has 0 saturated heterocycles. The third kappa shape index (κ3) is 6.13. The molecule has 0 radical (unpaired) electrons. The SMILES string of the molecule is CSCOC/C(C)=C/CO. The summed E-state index contributed by atoms with van der Waals surface area (Å²) in [6.07, 6.45) is 3.74. The Bertz CT molecular complexity index is 102. The summed E-state index contributed by atoms with van der Waals surface area (Å²) in [5.74, 6) is 0.719. The molecule has 0 fully saturated rings. The Balaban J connectivity index is 3.21. The van der Waals surface area contributed by atoms with Gasteiger partial charge in [-0.15, -0.1) is 11.8 Å². The summed E-state index contributed by atoms with van der Waals surface area (Å²) in [5.41, 5.74) is 1.08. The van der Waals surface area contributed by atoms with Crippen molar-refractivity contribution in [1.29, 1.82) is 0 Å². The zero-order valence-corrected chi connectivity index (χ0v) is 7.28. The molecule has 10 heavy (non-hydrogen) atoms. The summed E-state index contributed by atoms with van der Waals surface area (Å²) in [4.78, 5) is 0. The van der Waals surface area contributed by atoms with Crippen molar-refractivity contribution in [3.8, 4) is 0 Å². The van der Waals surface area contributed by atoms with Crippen LogP contribution in [0.1, 0.15) is 6.92 Å². The number of aliphatic hydroxyl groups excluding tert-OH is 1. The molecule has 0 aliphatic heterocycles. The van der Waals surface area contributed by atoms with E-state index in [1.165, 1.54) is 0 Å². The number of hydrogen-bond acceptors (Lipinski definition) is 3. The normalized spacial score (nSPS) is 12.1. The molecule has 0 amide bonds. The highest BCUT2D eigenvalue weighted by Crippen LogP contribution is 1.97. The van der Waals surface area contributed by atoms with Crippen LogP contribution in [0, 0.1) is 0 Å². The van der Waals surface area contributed by atoms with E-state index in [4.69, 9.17) is 9.84 Å². The number of hydrogen-bond donors (Lipinski definition) is 1. The van der Waals surface area contributed by atoms with Gasteiger partial charge >= 0.3 is 0 Å². The summed E-state index contributed by atoms with van der Waals surface area (Å²) >= 11 is 1.65. The molecule has 0 bridgehead atoms. The largest absolute Gasteiger partial charge is 0.392 e. The predicted octanol–water partition coefficient (Wildman–Crippen LogP) is 1.26. The van der Waals surface area contributed by atoms with Crippen molar-refractivity contribution in [3.63, 3.8) is 0 Å². The van der Waals surface area contributed by atoms with Crippen LogP contribution in [-0.2, 0) is 4.74 Å². The summed E-state index contributed by atoms with van der Waals surface area (Å²) in [5, 5.41) is 8.46. The van der Waals surface area contributed by atoms with Gasteiger partial charge in [-0.3, -0.25) is 0 Å². The highest BCUT2D eigenvalue weighted by molar-refractivity contribution is 7.98. The molecule has 0 aliphatic carbocycles. The molecule has 0 unspecified atom stereocenters. The average Bonchev–Trinajstić information content (AvgIpc) is 1.89. The molecule has 0 spiro atoms. The minimum atomic E-state index is 0.106. The Labute approximate surface area is 66.3 Å². The van der Waals surface area contributed by atoms with Gasteiger partial charge in [0.15, 0.2) is 0 Å². The second-order valence-electron chi connectivity index (χ2n) is 1.99. The van der Waals surface area contributed by atoms with Gasteiger partial charge in [0, 0.05) is 0 Å². The van der Waals surface area contributed by atoms with Gasteiger partial charge in [-0.05, 0) is 18.8 Å². The van der Waals surface area contributed by atoms with Gasteiger partial charge in [0.25, 0.3) is 0 Å². The predicted molar refractivity (Wildman–Crippen MR) is 45.2 cm³/mol. The van der Waals surface area contributed by atoms with E-state index in [1.807, 2.05) is 13.2 Å². The highest BCUT2D eigenvalue weighted by atomic mass is 32.2. The molecule has 60 valence electrons. The lowest BCUT2D eigenvalue weighted by molar-refractivity contribution is 0.208. The molecular weight excluding hydrogens is 148 g/mol. The first-order valence-corrected chi connectivity index (χ1v) is 4.53. The second kappa shape index (κ2) is 7.12. The van der Waals surface area contributed by atoms with E-state index < -0.39 is 0 Å². The third-order valence-corrected chi connectivity index (χ3v) is 1.37. The van der Waals surface area contributed by atoms with Crippen LogP contribution in [0.25, 0.3) is 0 Å². The van der Waals surface area contributed by atoms with E-state index in [9.17, 15) is 0 Å². The maximum Gasteiger partial charge on any atom is 0.0922 e. The van der Waals surface area contributed by atoms with Crippen LogP contribution in [0.3, 0.4) is 0 Å². The fourth-order valence-corrected chi connectivity index (χ4v) is 0.751. The maximum atomic E-state index is 8.46.